The number of carbonyl (C=O) groups is 1. The van der Waals surface area contributed by atoms with Crippen LogP contribution in [0, 0.1) is 5.92 Å². The van der Waals surface area contributed by atoms with Gasteiger partial charge in [-0.3, -0.25) is 4.79 Å². The van der Waals surface area contributed by atoms with Gasteiger partial charge in [0.2, 0.25) is 5.91 Å². The molecular weight excluding hydrogens is 192 g/mol. The third-order valence-corrected chi connectivity index (χ3v) is 2.84. The molecule has 0 bridgehead atoms. The zero-order valence-corrected chi connectivity index (χ0v) is 9.74. The van der Waals surface area contributed by atoms with Gasteiger partial charge in [0, 0.05) is 32.7 Å². The molecule has 0 radical (unpaired) electrons. The Bertz CT molecular complexity index is 205. The molecule has 0 aromatic carbocycles. The molecule has 1 rings (SSSR count). The van der Waals surface area contributed by atoms with Gasteiger partial charge in [0.1, 0.15) is 0 Å². The van der Waals surface area contributed by atoms with E-state index in [9.17, 15) is 4.79 Å². The second-order valence-electron chi connectivity index (χ2n) is 4.22. The summed E-state index contributed by atoms with van der Waals surface area (Å²) < 4.78 is 5.19. The molecule has 4 heteroatoms. The first-order chi connectivity index (χ1) is 7.15. The van der Waals surface area contributed by atoms with Gasteiger partial charge in [-0.25, -0.2) is 0 Å². The van der Waals surface area contributed by atoms with E-state index in [1.165, 1.54) is 12.8 Å². The minimum Gasteiger partial charge on any atom is -0.380 e. The van der Waals surface area contributed by atoms with Crippen molar-refractivity contribution in [3.8, 4) is 0 Å². The smallest absolute Gasteiger partial charge is 0.223 e. The number of carbonyl (C=O) groups excluding carboxylic acids is 1. The van der Waals surface area contributed by atoms with E-state index < -0.39 is 0 Å². The van der Waals surface area contributed by atoms with Crippen LogP contribution in [0.15, 0.2) is 0 Å². The summed E-state index contributed by atoms with van der Waals surface area (Å²) in [5.74, 6) is 0.725. The van der Waals surface area contributed by atoms with Crippen molar-refractivity contribution in [3.05, 3.63) is 0 Å². The summed E-state index contributed by atoms with van der Waals surface area (Å²) in [4.78, 5) is 13.4. The molecule has 88 valence electrons. The van der Waals surface area contributed by atoms with Crippen molar-refractivity contribution in [2.75, 3.05) is 26.8 Å². The predicted octanol–water partition coefficient (Wildman–Crippen LogP) is 0.609. The van der Waals surface area contributed by atoms with E-state index >= 15 is 0 Å². The lowest BCUT2D eigenvalue weighted by molar-refractivity contribution is -0.131. The molecule has 0 saturated heterocycles. The van der Waals surface area contributed by atoms with Crippen LogP contribution in [-0.2, 0) is 9.53 Å². The highest BCUT2D eigenvalue weighted by atomic mass is 16.5. The summed E-state index contributed by atoms with van der Waals surface area (Å²) in [5, 5.41) is 0. The van der Waals surface area contributed by atoms with Gasteiger partial charge in [0.25, 0.3) is 0 Å². The monoisotopic (exact) mass is 214 g/mol. The lowest BCUT2D eigenvalue weighted by Crippen LogP contribution is -2.36. The summed E-state index contributed by atoms with van der Waals surface area (Å²) in [6.45, 7) is 3.91. The molecule has 1 aliphatic rings. The third-order valence-electron chi connectivity index (χ3n) is 2.84. The molecule has 4 nitrogen and oxygen atoms in total. The highest BCUT2D eigenvalue weighted by Gasteiger charge is 2.30. The highest BCUT2D eigenvalue weighted by Crippen LogP contribution is 2.32. The van der Waals surface area contributed by atoms with Gasteiger partial charge in [0.15, 0.2) is 0 Å². The first-order valence-corrected chi connectivity index (χ1v) is 5.72. The van der Waals surface area contributed by atoms with Crippen molar-refractivity contribution in [1.29, 1.82) is 0 Å². The summed E-state index contributed by atoms with van der Waals surface area (Å²) in [6, 6.07) is 0.0621. The molecule has 1 fully saturated rings. The SMILES string of the molecule is CCOCCN(C)C(=O)CC(N)C1CC1. The van der Waals surface area contributed by atoms with Crippen LogP contribution in [0.2, 0.25) is 0 Å². The van der Waals surface area contributed by atoms with Crippen LogP contribution in [0.5, 0.6) is 0 Å². The highest BCUT2D eigenvalue weighted by molar-refractivity contribution is 5.76. The molecule has 0 aromatic heterocycles. The minimum atomic E-state index is 0.0621. The topological polar surface area (TPSA) is 55.6 Å². The van der Waals surface area contributed by atoms with Crippen molar-refractivity contribution >= 4 is 5.91 Å². The number of nitrogens with zero attached hydrogens (tertiary/aromatic N) is 1. The van der Waals surface area contributed by atoms with Crippen LogP contribution in [0.4, 0.5) is 0 Å². The van der Waals surface area contributed by atoms with Gasteiger partial charge >= 0.3 is 0 Å². The first-order valence-electron chi connectivity index (χ1n) is 5.72. The lowest BCUT2D eigenvalue weighted by Gasteiger charge is -2.19. The Hall–Kier alpha value is -0.610. The maximum atomic E-state index is 11.7. The molecule has 1 unspecified atom stereocenters. The first kappa shape index (κ1) is 12.5. The molecule has 1 saturated carbocycles. The van der Waals surface area contributed by atoms with Gasteiger partial charge in [-0.1, -0.05) is 0 Å². The number of nitrogens with two attached hydrogens (primary N) is 1. The summed E-state index contributed by atoms with van der Waals surface area (Å²) in [6.07, 6.45) is 2.86. The summed E-state index contributed by atoms with van der Waals surface area (Å²) in [7, 11) is 1.81. The molecule has 2 N–H and O–H groups in total. The maximum Gasteiger partial charge on any atom is 0.223 e. The summed E-state index contributed by atoms with van der Waals surface area (Å²) >= 11 is 0. The maximum absolute atomic E-state index is 11.7. The molecule has 15 heavy (non-hydrogen) atoms. The number of amides is 1. The number of hydrogen-bond donors (Lipinski definition) is 1. The van der Waals surface area contributed by atoms with Crippen molar-refractivity contribution in [2.24, 2.45) is 11.7 Å². The fraction of sp³-hybridized carbons (Fsp3) is 0.909. The molecule has 1 aliphatic carbocycles. The van der Waals surface area contributed by atoms with Gasteiger partial charge < -0.3 is 15.4 Å². The van der Waals surface area contributed by atoms with Crippen LogP contribution < -0.4 is 5.73 Å². The molecule has 0 aliphatic heterocycles. The van der Waals surface area contributed by atoms with Crippen LogP contribution in [0.3, 0.4) is 0 Å². The number of ether oxygens (including phenoxy) is 1. The van der Waals surface area contributed by atoms with Crippen LogP contribution in [0.25, 0.3) is 0 Å². The standard InChI is InChI=1S/C11H22N2O2/c1-3-15-7-6-13(2)11(14)8-10(12)9-4-5-9/h9-10H,3-8,12H2,1-2H3. The van der Waals surface area contributed by atoms with E-state index in [4.69, 9.17) is 10.5 Å². The Morgan fingerprint density at radius 1 is 1.60 bits per heavy atom. The van der Waals surface area contributed by atoms with Crippen molar-refractivity contribution < 1.29 is 9.53 Å². The third kappa shape index (κ3) is 4.62. The molecule has 1 atom stereocenters. The molecule has 0 heterocycles. The Kier molecular flexibility index (Phi) is 5.05. The van der Waals surface area contributed by atoms with E-state index in [1.54, 1.807) is 11.9 Å². The van der Waals surface area contributed by atoms with E-state index in [-0.39, 0.29) is 11.9 Å². The van der Waals surface area contributed by atoms with Crippen molar-refractivity contribution in [3.63, 3.8) is 0 Å². The normalized spacial score (nSPS) is 17.5. The second-order valence-corrected chi connectivity index (χ2v) is 4.22. The predicted molar refractivity (Wildman–Crippen MR) is 59.4 cm³/mol. The fourth-order valence-electron chi connectivity index (χ4n) is 1.52. The van der Waals surface area contributed by atoms with Crippen LogP contribution >= 0.6 is 0 Å². The Morgan fingerprint density at radius 2 is 2.27 bits per heavy atom. The van der Waals surface area contributed by atoms with E-state index in [1.807, 2.05) is 6.92 Å². The zero-order valence-electron chi connectivity index (χ0n) is 9.74. The minimum absolute atomic E-state index is 0.0621. The quantitative estimate of drug-likeness (QED) is 0.632. The molecule has 0 spiro atoms. The average molecular weight is 214 g/mol. The Balaban J connectivity index is 2.13. The van der Waals surface area contributed by atoms with Gasteiger partial charge in [-0.2, -0.15) is 0 Å². The lowest BCUT2D eigenvalue weighted by atomic mass is 10.1. The zero-order chi connectivity index (χ0) is 11.3. The molecule has 1 amide bonds. The Morgan fingerprint density at radius 3 is 2.80 bits per heavy atom. The Labute approximate surface area is 91.8 Å². The summed E-state index contributed by atoms with van der Waals surface area (Å²) in [5.41, 5.74) is 5.89. The van der Waals surface area contributed by atoms with Crippen molar-refractivity contribution in [1.82, 2.24) is 4.90 Å². The van der Waals surface area contributed by atoms with Crippen molar-refractivity contribution in [2.45, 2.75) is 32.2 Å². The number of rotatable bonds is 7. The van der Waals surface area contributed by atoms with Crippen LogP contribution in [0.1, 0.15) is 26.2 Å². The van der Waals surface area contributed by atoms with Gasteiger partial charge in [-0.15, -0.1) is 0 Å². The fourth-order valence-corrected chi connectivity index (χ4v) is 1.52. The molecular formula is C11H22N2O2. The average Bonchev–Trinajstić information content (AvgIpc) is 3.00. The van der Waals surface area contributed by atoms with E-state index in [2.05, 4.69) is 0 Å². The number of likely N-dealkylation sites (N-methyl/N-ethyl adjacent to an activating group) is 1. The van der Waals surface area contributed by atoms with E-state index in [0.717, 1.165) is 0 Å². The largest absolute Gasteiger partial charge is 0.380 e. The second kappa shape index (κ2) is 6.08. The van der Waals surface area contributed by atoms with Gasteiger partial charge in [-0.05, 0) is 25.7 Å². The number of hydrogen-bond acceptors (Lipinski definition) is 3. The van der Waals surface area contributed by atoms with E-state index in [0.29, 0.717) is 32.1 Å². The van der Waals surface area contributed by atoms with Crippen LogP contribution in [-0.4, -0.2) is 43.7 Å². The molecule has 0 aromatic rings. The van der Waals surface area contributed by atoms with Gasteiger partial charge in [0.05, 0.1) is 6.61 Å².